The van der Waals surface area contributed by atoms with Crippen molar-refractivity contribution in [3.63, 3.8) is 0 Å². The van der Waals surface area contributed by atoms with Crippen LogP contribution in [0.1, 0.15) is 70.1 Å². The number of halogens is 3. The Morgan fingerprint density at radius 2 is 2.05 bits per heavy atom. The molecule has 0 bridgehead atoms. The summed E-state index contributed by atoms with van der Waals surface area (Å²) < 4.78 is 61.7. The number of carbonyl (C=O) groups excluding carboxylic acids is 1. The molecule has 1 saturated heterocycles. The highest BCUT2D eigenvalue weighted by atomic mass is 19.4. The van der Waals surface area contributed by atoms with Crippen LogP contribution in [0.3, 0.4) is 0 Å². The Kier molecular flexibility index (Phi) is 5.03. The molecule has 1 spiro atoms. The second-order valence-corrected chi connectivity index (χ2v) is 10.2. The van der Waals surface area contributed by atoms with Crippen molar-refractivity contribution in [1.29, 1.82) is 0 Å². The number of nitrogens with zero attached hydrogens (tertiary/aromatic N) is 4. The average molecular weight is 515 g/mol. The molecule has 0 aromatic carbocycles. The van der Waals surface area contributed by atoms with Crippen LogP contribution in [-0.4, -0.2) is 51.1 Å². The van der Waals surface area contributed by atoms with Gasteiger partial charge in [-0.2, -0.15) is 18.3 Å². The predicted molar refractivity (Wildman–Crippen MR) is 121 cm³/mol. The minimum absolute atomic E-state index is 0.0643. The zero-order valence-electron chi connectivity index (χ0n) is 19.8. The molecule has 7 rings (SSSR count). The van der Waals surface area contributed by atoms with E-state index in [1.807, 2.05) is 0 Å². The Bertz CT molecular complexity index is 1370. The topological polar surface area (TPSA) is 104 Å². The summed E-state index contributed by atoms with van der Waals surface area (Å²) in [5, 5.41) is 7.05. The van der Waals surface area contributed by atoms with Crippen LogP contribution >= 0.6 is 0 Å². The molecule has 1 amide bonds. The Morgan fingerprint density at radius 1 is 1.19 bits per heavy atom. The lowest BCUT2D eigenvalue weighted by Crippen LogP contribution is -2.33. The van der Waals surface area contributed by atoms with Crippen LogP contribution in [0.4, 0.5) is 13.2 Å². The highest BCUT2D eigenvalue weighted by Crippen LogP contribution is 2.53. The fourth-order valence-electron chi connectivity index (χ4n) is 5.37. The largest absolute Gasteiger partial charge is 0.455 e. The van der Waals surface area contributed by atoms with Crippen LogP contribution in [0, 0.1) is 0 Å². The molecule has 0 radical (unpaired) electrons. The molecule has 1 aliphatic heterocycles. The molecule has 2 atom stereocenters. The first kappa shape index (κ1) is 22.9. The van der Waals surface area contributed by atoms with Crippen LogP contribution in [-0.2, 0) is 35.0 Å². The maximum Gasteiger partial charge on any atom is 0.420 e. The highest BCUT2D eigenvalue weighted by molar-refractivity contribution is 5.96. The van der Waals surface area contributed by atoms with Gasteiger partial charge in [-0.3, -0.25) is 19.4 Å². The van der Waals surface area contributed by atoms with Crippen molar-refractivity contribution in [3.05, 3.63) is 52.6 Å². The van der Waals surface area contributed by atoms with Crippen molar-refractivity contribution in [1.82, 2.24) is 25.1 Å². The van der Waals surface area contributed by atoms with E-state index in [1.54, 1.807) is 17.1 Å². The minimum Gasteiger partial charge on any atom is -0.455 e. The molecular formula is C25H24F3N5O4. The van der Waals surface area contributed by atoms with Gasteiger partial charge in [0.05, 0.1) is 61.2 Å². The fraction of sp³-hybridized carbons (Fsp3) is 0.520. The number of nitrogens with one attached hydrogen (secondary N) is 1. The number of rotatable bonds is 5. The van der Waals surface area contributed by atoms with Gasteiger partial charge in [0, 0.05) is 31.2 Å². The molecule has 9 nitrogen and oxygen atoms in total. The number of aromatic nitrogens is 4. The molecule has 12 heteroatoms. The van der Waals surface area contributed by atoms with E-state index in [1.165, 1.54) is 6.20 Å². The molecule has 194 valence electrons. The number of amides is 1. The van der Waals surface area contributed by atoms with Gasteiger partial charge in [-0.1, -0.05) is 0 Å². The molecule has 3 aromatic heterocycles. The maximum absolute atomic E-state index is 14.3. The lowest BCUT2D eigenvalue weighted by atomic mass is 9.93. The Morgan fingerprint density at radius 3 is 2.76 bits per heavy atom. The Labute approximate surface area is 209 Å². The monoisotopic (exact) mass is 515 g/mol. The summed E-state index contributed by atoms with van der Waals surface area (Å²) in [5.74, 6) is -1.16. The summed E-state index contributed by atoms with van der Waals surface area (Å²) in [5.41, 5.74) is 0.529. The third kappa shape index (κ3) is 3.93. The molecule has 1 unspecified atom stereocenters. The number of carbonyl (C=O) groups is 1. The second kappa shape index (κ2) is 8.12. The van der Waals surface area contributed by atoms with E-state index in [0.29, 0.717) is 49.8 Å². The van der Waals surface area contributed by atoms with Gasteiger partial charge in [-0.25, -0.2) is 0 Å². The fourth-order valence-corrected chi connectivity index (χ4v) is 5.37. The molecule has 3 aromatic rings. The quantitative estimate of drug-likeness (QED) is 0.554. The van der Waals surface area contributed by atoms with Crippen molar-refractivity contribution >= 4 is 5.91 Å². The first-order chi connectivity index (χ1) is 17.8. The van der Waals surface area contributed by atoms with Gasteiger partial charge in [0.1, 0.15) is 16.9 Å². The van der Waals surface area contributed by atoms with Crippen LogP contribution in [0.5, 0.6) is 0 Å². The average Bonchev–Trinajstić information content (AvgIpc) is 3.75. The number of hydrogen-bond donors (Lipinski definition) is 1. The molecule has 2 saturated carbocycles. The summed E-state index contributed by atoms with van der Waals surface area (Å²) in [6.07, 6.45) is 3.73. The summed E-state index contributed by atoms with van der Waals surface area (Å²) in [4.78, 5) is 21.5. The second-order valence-electron chi connectivity index (χ2n) is 10.2. The standard InChI is InChI=1S/C25H24F3N5O4/c26-25(27,28)20-19-17(37-22(20)23(34)31-9-15-8-30-16(10-29-15)13-1-2-13)4-3-14-11-33(32-21(14)19)18-7-24(18)12-35-5-6-36-24/h8,10-11,13,18H,1-7,9,12H2,(H,31,34)/t18-,24?/m1/s1. The van der Waals surface area contributed by atoms with Crippen LogP contribution < -0.4 is 5.32 Å². The van der Waals surface area contributed by atoms with Gasteiger partial charge in [0.25, 0.3) is 5.91 Å². The number of ether oxygens (including phenoxy) is 2. The van der Waals surface area contributed by atoms with Crippen LogP contribution in [0.25, 0.3) is 11.3 Å². The van der Waals surface area contributed by atoms with Crippen molar-refractivity contribution in [2.24, 2.45) is 0 Å². The molecule has 37 heavy (non-hydrogen) atoms. The third-order valence-electron chi connectivity index (χ3n) is 7.56. The maximum atomic E-state index is 14.3. The number of furan rings is 1. The van der Waals surface area contributed by atoms with E-state index in [4.69, 9.17) is 13.9 Å². The van der Waals surface area contributed by atoms with Crippen LogP contribution in [0.2, 0.25) is 0 Å². The molecular weight excluding hydrogens is 491 g/mol. The highest BCUT2D eigenvalue weighted by Gasteiger charge is 2.59. The predicted octanol–water partition coefficient (Wildman–Crippen LogP) is 3.59. The van der Waals surface area contributed by atoms with E-state index >= 15 is 0 Å². The molecule has 3 aliphatic carbocycles. The SMILES string of the molecule is O=C(NCc1cnc(C2CC2)cn1)c1oc2c(c1C(F)(F)F)-c1nn([C@@H]3CC34COCCO4)cc1CC2. The van der Waals surface area contributed by atoms with E-state index in [0.717, 1.165) is 18.5 Å². The summed E-state index contributed by atoms with van der Waals surface area (Å²) >= 11 is 0. The van der Waals surface area contributed by atoms with E-state index in [-0.39, 0.29) is 36.0 Å². The Hall–Kier alpha value is -3.25. The smallest absolute Gasteiger partial charge is 0.420 e. The first-order valence-corrected chi connectivity index (χ1v) is 12.4. The van der Waals surface area contributed by atoms with Crippen LogP contribution in [0.15, 0.2) is 23.0 Å². The number of alkyl halides is 3. The molecule has 4 aliphatic rings. The third-order valence-corrected chi connectivity index (χ3v) is 7.56. The van der Waals surface area contributed by atoms with Crippen molar-refractivity contribution < 1.29 is 31.9 Å². The minimum atomic E-state index is -4.81. The lowest BCUT2D eigenvalue weighted by molar-refractivity contribution is -0.137. The van der Waals surface area contributed by atoms with Gasteiger partial charge in [0.2, 0.25) is 5.76 Å². The zero-order valence-corrected chi connectivity index (χ0v) is 19.8. The van der Waals surface area contributed by atoms with Crippen molar-refractivity contribution in [2.45, 2.75) is 62.4 Å². The van der Waals surface area contributed by atoms with E-state index in [9.17, 15) is 18.0 Å². The zero-order chi connectivity index (χ0) is 25.4. The number of hydrogen-bond acceptors (Lipinski definition) is 7. The lowest BCUT2D eigenvalue weighted by Gasteiger charge is -2.23. The van der Waals surface area contributed by atoms with E-state index in [2.05, 4.69) is 20.4 Å². The Balaban J connectivity index is 1.17. The summed E-state index contributed by atoms with van der Waals surface area (Å²) in [6.45, 7) is 1.38. The molecule has 3 fully saturated rings. The van der Waals surface area contributed by atoms with Gasteiger partial charge in [-0.05, 0) is 24.8 Å². The summed E-state index contributed by atoms with van der Waals surface area (Å²) in [7, 11) is 0. The normalized spacial score (nSPS) is 24.6. The summed E-state index contributed by atoms with van der Waals surface area (Å²) in [6, 6.07) is -0.0988. The van der Waals surface area contributed by atoms with Gasteiger partial charge in [-0.15, -0.1) is 0 Å². The van der Waals surface area contributed by atoms with Crippen molar-refractivity contribution in [3.8, 4) is 11.3 Å². The van der Waals surface area contributed by atoms with Gasteiger partial charge < -0.3 is 19.2 Å². The van der Waals surface area contributed by atoms with Gasteiger partial charge in [0.15, 0.2) is 0 Å². The number of fused-ring (bicyclic) bond motifs is 3. The molecule has 1 N–H and O–H groups in total. The van der Waals surface area contributed by atoms with E-state index < -0.39 is 29.0 Å². The number of aryl methyl sites for hydroxylation is 2. The first-order valence-electron chi connectivity index (χ1n) is 12.4. The van der Waals surface area contributed by atoms with Crippen molar-refractivity contribution in [2.75, 3.05) is 19.8 Å². The van der Waals surface area contributed by atoms with Gasteiger partial charge >= 0.3 is 6.18 Å². The molecule has 4 heterocycles.